The van der Waals surface area contributed by atoms with Crippen LogP contribution in [0, 0.1) is 11.3 Å². The quantitative estimate of drug-likeness (QED) is 0.800. The van der Waals surface area contributed by atoms with Crippen LogP contribution in [0.2, 0.25) is 0 Å². The van der Waals surface area contributed by atoms with Crippen molar-refractivity contribution in [2.24, 2.45) is 11.3 Å². The maximum Gasteiger partial charge on any atom is 0.0504 e. The van der Waals surface area contributed by atoms with Crippen LogP contribution in [0.15, 0.2) is 30.3 Å². The number of hydrogen-bond acceptors (Lipinski definition) is 2. The number of aliphatic hydroxyl groups excluding tert-OH is 1. The summed E-state index contributed by atoms with van der Waals surface area (Å²) in [7, 11) is 0. The number of unbranched alkanes of at least 4 members (excludes halogenated alkanes) is 1. The van der Waals surface area contributed by atoms with Crippen molar-refractivity contribution in [1.29, 1.82) is 0 Å². The first kappa shape index (κ1) is 16.4. The lowest BCUT2D eigenvalue weighted by Gasteiger charge is -2.43. The topological polar surface area (TPSA) is 23.5 Å². The molecule has 2 atom stereocenters. The van der Waals surface area contributed by atoms with E-state index in [1.54, 1.807) is 0 Å². The van der Waals surface area contributed by atoms with Gasteiger partial charge in [-0.15, -0.1) is 0 Å². The third-order valence-corrected chi connectivity index (χ3v) is 4.95. The standard InChI is InChI=1S/C19H31NO/c1-3-4-13-20(18-10-6-5-7-11-18)15-19(16-21)12-8-9-17(2)14-19/h5-7,10-11,17,21H,3-4,8-9,12-16H2,1-2H3. The fraction of sp³-hybridized carbons (Fsp3) is 0.684. The lowest BCUT2D eigenvalue weighted by atomic mass is 9.70. The molecule has 1 saturated carbocycles. The molecule has 1 aliphatic carbocycles. The minimum Gasteiger partial charge on any atom is -0.396 e. The van der Waals surface area contributed by atoms with Crippen LogP contribution in [0.1, 0.15) is 52.4 Å². The van der Waals surface area contributed by atoms with E-state index in [2.05, 4.69) is 49.1 Å². The zero-order valence-corrected chi connectivity index (χ0v) is 13.7. The zero-order chi connectivity index (χ0) is 15.1. The highest BCUT2D eigenvalue weighted by Gasteiger charge is 2.36. The summed E-state index contributed by atoms with van der Waals surface area (Å²) in [5, 5.41) is 10.1. The average molecular weight is 289 g/mol. The van der Waals surface area contributed by atoms with Crippen LogP contribution in [-0.2, 0) is 0 Å². The molecule has 0 heterocycles. The molecule has 2 rings (SSSR count). The van der Waals surface area contributed by atoms with E-state index in [0.29, 0.717) is 6.61 Å². The smallest absolute Gasteiger partial charge is 0.0504 e. The Kier molecular flexibility index (Phi) is 6.10. The number of rotatable bonds is 7. The molecule has 1 fully saturated rings. The Morgan fingerprint density at radius 2 is 2.05 bits per heavy atom. The number of benzene rings is 1. The van der Waals surface area contributed by atoms with Gasteiger partial charge in [0.1, 0.15) is 0 Å². The van der Waals surface area contributed by atoms with Gasteiger partial charge < -0.3 is 10.0 Å². The van der Waals surface area contributed by atoms with Crippen LogP contribution < -0.4 is 4.90 Å². The van der Waals surface area contributed by atoms with Gasteiger partial charge in [0, 0.05) is 24.2 Å². The van der Waals surface area contributed by atoms with Gasteiger partial charge >= 0.3 is 0 Å². The second-order valence-electron chi connectivity index (χ2n) is 6.97. The summed E-state index contributed by atoms with van der Waals surface area (Å²) in [5.41, 5.74) is 1.40. The second kappa shape index (κ2) is 7.84. The van der Waals surface area contributed by atoms with Gasteiger partial charge in [-0.05, 0) is 37.3 Å². The van der Waals surface area contributed by atoms with Gasteiger partial charge in [0.2, 0.25) is 0 Å². The number of hydrogen-bond donors (Lipinski definition) is 1. The predicted molar refractivity (Wildman–Crippen MR) is 90.7 cm³/mol. The monoisotopic (exact) mass is 289 g/mol. The Balaban J connectivity index is 2.12. The molecule has 0 saturated heterocycles. The fourth-order valence-corrected chi connectivity index (χ4v) is 3.80. The van der Waals surface area contributed by atoms with Crippen LogP contribution in [-0.4, -0.2) is 24.8 Å². The van der Waals surface area contributed by atoms with Crippen molar-refractivity contribution in [3.8, 4) is 0 Å². The van der Waals surface area contributed by atoms with Gasteiger partial charge in [0.05, 0.1) is 6.61 Å². The molecule has 1 aromatic carbocycles. The fourth-order valence-electron chi connectivity index (χ4n) is 3.80. The molecule has 1 N–H and O–H groups in total. The summed E-state index contributed by atoms with van der Waals surface area (Å²) >= 11 is 0. The highest BCUT2D eigenvalue weighted by atomic mass is 16.3. The molecular formula is C19H31NO. The van der Waals surface area contributed by atoms with E-state index in [-0.39, 0.29) is 5.41 Å². The molecule has 2 unspecified atom stereocenters. The Bertz CT molecular complexity index is 405. The summed E-state index contributed by atoms with van der Waals surface area (Å²) in [5.74, 6) is 0.745. The highest BCUT2D eigenvalue weighted by molar-refractivity contribution is 5.46. The third kappa shape index (κ3) is 4.47. The Hall–Kier alpha value is -1.02. The third-order valence-electron chi connectivity index (χ3n) is 4.95. The van der Waals surface area contributed by atoms with Crippen LogP contribution >= 0.6 is 0 Å². The van der Waals surface area contributed by atoms with Gasteiger partial charge in [-0.25, -0.2) is 0 Å². The first-order valence-electron chi connectivity index (χ1n) is 8.60. The summed E-state index contributed by atoms with van der Waals surface area (Å²) in [6.45, 7) is 7.00. The molecule has 0 aromatic heterocycles. The molecular weight excluding hydrogens is 258 g/mol. The molecule has 21 heavy (non-hydrogen) atoms. The highest BCUT2D eigenvalue weighted by Crippen LogP contribution is 2.40. The summed E-state index contributed by atoms with van der Waals surface area (Å²) in [6.07, 6.45) is 7.35. The van der Waals surface area contributed by atoms with Crippen LogP contribution in [0.5, 0.6) is 0 Å². The first-order chi connectivity index (χ1) is 10.2. The van der Waals surface area contributed by atoms with E-state index in [0.717, 1.165) is 19.0 Å². The van der Waals surface area contributed by atoms with Crippen molar-refractivity contribution < 1.29 is 5.11 Å². The van der Waals surface area contributed by atoms with Gasteiger partial charge in [0.15, 0.2) is 0 Å². The molecule has 1 aliphatic rings. The normalized spacial score (nSPS) is 25.8. The Labute approximate surface area is 130 Å². The van der Waals surface area contributed by atoms with Crippen molar-refractivity contribution in [3.63, 3.8) is 0 Å². The van der Waals surface area contributed by atoms with Crippen LogP contribution in [0.3, 0.4) is 0 Å². The number of para-hydroxylation sites is 1. The van der Waals surface area contributed by atoms with E-state index < -0.39 is 0 Å². The second-order valence-corrected chi connectivity index (χ2v) is 6.97. The molecule has 1 aromatic rings. The lowest BCUT2D eigenvalue weighted by Crippen LogP contribution is -2.43. The number of nitrogens with zero attached hydrogens (tertiary/aromatic N) is 1. The molecule has 0 radical (unpaired) electrons. The van der Waals surface area contributed by atoms with E-state index in [1.807, 2.05) is 0 Å². The summed E-state index contributed by atoms with van der Waals surface area (Å²) < 4.78 is 0. The molecule has 0 bridgehead atoms. The van der Waals surface area contributed by atoms with E-state index >= 15 is 0 Å². The maximum atomic E-state index is 10.1. The first-order valence-corrected chi connectivity index (χ1v) is 8.60. The van der Waals surface area contributed by atoms with Crippen molar-refractivity contribution in [2.75, 3.05) is 24.6 Å². The molecule has 118 valence electrons. The molecule has 0 amide bonds. The predicted octanol–water partition coefficient (Wildman–Crippen LogP) is 4.48. The Morgan fingerprint density at radius 1 is 1.29 bits per heavy atom. The maximum absolute atomic E-state index is 10.1. The SMILES string of the molecule is CCCCN(CC1(CO)CCCC(C)C1)c1ccccc1. The minimum absolute atomic E-state index is 0.0985. The average Bonchev–Trinajstić information content (AvgIpc) is 2.52. The number of aliphatic hydroxyl groups is 1. The van der Waals surface area contributed by atoms with Crippen molar-refractivity contribution in [3.05, 3.63) is 30.3 Å². The Morgan fingerprint density at radius 3 is 2.67 bits per heavy atom. The van der Waals surface area contributed by atoms with Crippen molar-refractivity contribution in [2.45, 2.75) is 52.4 Å². The van der Waals surface area contributed by atoms with Crippen LogP contribution in [0.25, 0.3) is 0 Å². The zero-order valence-electron chi connectivity index (χ0n) is 13.7. The molecule has 0 aliphatic heterocycles. The van der Waals surface area contributed by atoms with Gasteiger partial charge in [0.25, 0.3) is 0 Å². The minimum atomic E-state index is 0.0985. The van der Waals surface area contributed by atoms with E-state index in [9.17, 15) is 5.11 Å². The van der Waals surface area contributed by atoms with E-state index in [1.165, 1.54) is 44.2 Å². The van der Waals surface area contributed by atoms with Gasteiger partial charge in [-0.3, -0.25) is 0 Å². The lowest BCUT2D eigenvalue weighted by molar-refractivity contribution is 0.0665. The largest absolute Gasteiger partial charge is 0.396 e. The number of anilines is 1. The van der Waals surface area contributed by atoms with Crippen molar-refractivity contribution >= 4 is 5.69 Å². The van der Waals surface area contributed by atoms with Crippen molar-refractivity contribution in [1.82, 2.24) is 0 Å². The molecule has 2 nitrogen and oxygen atoms in total. The van der Waals surface area contributed by atoms with E-state index in [4.69, 9.17) is 0 Å². The van der Waals surface area contributed by atoms with Gasteiger partial charge in [-0.1, -0.05) is 51.3 Å². The van der Waals surface area contributed by atoms with Crippen LogP contribution in [0.4, 0.5) is 5.69 Å². The molecule has 2 heteroatoms. The summed E-state index contributed by atoms with van der Waals surface area (Å²) in [4.78, 5) is 2.50. The molecule has 0 spiro atoms. The summed E-state index contributed by atoms with van der Waals surface area (Å²) in [6, 6.07) is 10.7. The van der Waals surface area contributed by atoms with Gasteiger partial charge in [-0.2, -0.15) is 0 Å².